The molecule has 5 rings (SSSR count). The largest absolute Gasteiger partial charge is 0.493 e. The summed E-state index contributed by atoms with van der Waals surface area (Å²) in [5, 5.41) is 7.48. The number of methoxy groups -OCH3 is 2. The number of hydrogen-bond donors (Lipinski definition) is 1. The zero-order valence-corrected chi connectivity index (χ0v) is 20.0. The van der Waals surface area contributed by atoms with E-state index in [0.717, 1.165) is 0 Å². The van der Waals surface area contributed by atoms with Gasteiger partial charge in [0.1, 0.15) is 5.82 Å². The molecule has 0 unspecified atom stereocenters. The Morgan fingerprint density at radius 1 is 1.00 bits per heavy atom. The van der Waals surface area contributed by atoms with Gasteiger partial charge in [-0.25, -0.2) is 18.0 Å². The van der Waals surface area contributed by atoms with Gasteiger partial charge in [0.25, 0.3) is 0 Å². The number of hydrogen-bond acceptors (Lipinski definition) is 11. The van der Waals surface area contributed by atoms with Gasteiger partial charge in [0.05, 0.1) is 25.0 Å². The number of sulfone groups is 1. The van der Waals surface area contributed by atoms with Crippen molar-refractivity contribution in [3.63, 3.8) is 0 Å². The molecule has 2 aromatic heterocycles. The van der Waals surface area contributed by atoms with E-state index in [9.17, 15) is 8.42 Å². The highest BCUT2D eigenvalue weighted by molar-refractivity contribution is 7.92. The summed E-state index contributed by atoms with van der Waals surface area (Å²) in [4.78, 5) is 11.0. The van der Waals surface area contributed by atoms with Crippen LogP contribution in [0.4, 0.5) is 11.8 Å². The van der Waals surface area contributed by atoms with Gasteiger partial charge in [-0.05, 0) is 29.2 Å². The summed E-state index contributed by atoms with van der Waals surface area (Å²) in [6.07, 6.45) is 0.743. The van der Waals surface area contributed by atoms with Gasteiger partial charge >= 0.3 is 0 Å². The summed E-state index contributed by atoms with van der Waals surface area (Å²) in [5.41, 5.74) is 7.69. The van der Waals surface area contributed by atoms with Gasteiger partial charge in [-0.2, -0.15) is 4.98 Å². The number of fused-ring (bicyclic) bond motifs is 1. The van der Waals surface area contributed by atoms with Crippen molar-refractivity contribution in [2.24, 2.45) is 0 Å². The third-order valence-corrected chi connectivity index (χ3v) is 8.31. The van der Waals surface area contributed by atoms with Gasteiger partial charge < -0.3 is 20.1 Å². The molecular formula is C23H24N6O5S. The second kappa shape index (κ2) is 9.02. The first kappa shape index (κ1) is 22.8. The maximum atomic E-state index is 13.4. The van der Waals surface area contributed by atoms with Gasteiger partial charge in [-0.15, -0.1) is 0 Å². The van der Waals surface area contributed by atoms with E-state index in [2.05, 4.69) is 20.3 Å². The Kier molecular flexibility index (Phi) is 5.89. The molecular weight excluding hydrogens is 472 g/mol. The number of anilines is 2. The van der Waals surface area contributed by atoms with Crippen LogP contribution in [0.25, 0.3) is 22.2 Å². The van der Waals surface area contributed by atoms with Gasteiger partial charge in [0.2, 0.25) is 20.8 Å². The number of rotatable bonds is 6. The van der Waals surface area contributed by atoms with Crippen molar-refractivity contribution in [2.45, 2.75) is 23.1 Å². The van der Waals surface area contributed by atoms with E-state index in [0.29, 0.717) is 65.7 Å². The first-order valence-corrected chi connectivity index (χ1v) is 12.5. The molecule has 0 saturated carbocycles. The van der Waals surface area contributed by atoms with Crippen LogP contribution in [0.5, 0.6) is 11.5 Å². The fourth-order valence-corrected chi connectivity index (χ4v) is 5.98. The molecule has 1 aliphatic rings. The third kappa shape index (κ3) is 4.09. The molecule has 1 fully saturated rings. The molecule has 11 nitrogen and oxygen atoms in total. The Morgan fingerprint density at radius 3 is 2.37 bits per heavy atom. The Morgan fingerprint density at radius 2 is 1.69 bits per heavy atom. The number of nitrogen functional groups attached to an aromatic ring is 1. The lowest BCUT2D eigenvalue weighted by Gasteiger charge is -2.31. The Bertz CT molecular complexity index is 1470. The molecule has 12 heteroatoms. The Labute approximate surface area is 201 Å². The standard InChI is InChI=1S/C23H24N6O5S/c1-32-18-12-16-17(13-19(18)33-2)25-23(26-21(16)24)29-10-8-15(9-11-29)35(30,31)22-20(27-34-28-22)14-6-4-3-5-7-14/h3-7,12-13,15H,8-11H2,1-2H3,(H2,24,25,26). The summed E-state index contributed by atoms with van der Waals surface area (Å²) in [6, 6.07) is 12.5. The molecule has 2 N–H and O–H groups in total. The van der Waals surface area contributed by atoms with Gasteiger partial charge in [0.15, 0.2) is 17.2 Å². The third-order valence-electron chi connectivity index (χ3n) is 6.16. The molecule has 0 radical (unpaired) electrons. The van der Waals surface area contributed by atoms with Crippen LogP contribution in [0.2, 0.25) is 0 Å². The van der Waals surface area contributed by atoms with E-state index in [1.165, 1.54) is 0 Å². The van der Waals surface area contributed by atoms with E-state index in [4.69, 9.17) is 19.8 Å². The molecule has 35 heavy (non-hydrogen) atoms. The average molecular weight is 497 g/mol. The molecule has 0 aliphatic carbocycles. The summed E-state index contributed by atoms with van der Waals surface area (Å²) >= 11 is 0. The topological polar surface area (TPSA) is 147 Å². The normalized spacial score (nSPS) is 14.9. The molecule has 0 spiro atoms. The first-order chi connectivity index (χ1) is 16.9. The number of benzene rings is 2. The molecule has 4 aromatic rings. The summed E-state index contributed by atoms with van der Waals surface area (Å²) in [7, 11) is -0.656. The molecule has 0 bridgehead atoms. The van der Waals surface area contributed by atoms with Crippen LogP contribution in [-0.4, -0.2) is 61.3 Å². The van der Waals surface area contributed by atoms with Gasteiger partial charge in [-0.1, -0.05) is 30.3 Å². The predicted octanol–water partition coefficient (Wildman–Crippen LogP) is 2.72. The minimum Gasteiger partial charge on any atom is -0.493 e. The molecule has 0 amide bonds. The number of ether oxygens (including phenoxy) is 2. The minimum absolute atomic E-state index is 0.130. The predicted molar refractivity (Wildman–Crippen MR) is 129 cm³/mol. The maximum Gasteiger partial charge on any atom is 0.227 e. The fourth-order valence-electron chi connectivity index (χ4n) is 4.27. The summed E-state index contributed by atoms with van der Waals surface area (Å²) in [6.45, 7) is 0.877. The highest BCUT2D eigenvalue weighted by Gasteiger charge is 2.37. The molecule has 0 atom stereocenters. The SMILES string of the molecule is COc1cc2nc(N3CCC(S(=O)(=O)c4nonc4-c4ccccc4)CC3)nc(N)c2cc1OC. The van der Waals surface area contributed by atoms with E-state index in [1.54, 1.807) is 50.6 Å². The second-order valence-electron chi connectivity index (χ2n) is 8.15. The lowest BCUT2D eigenvalue weighted by molar-refractivity contribution is 0.298. The number of nitrogens with zero attached hydrogens (tertiary/aromatic N) is 5. The van der Waals surface area contributed by atoms with Crippen molar-refractivity contribution in [1.82, 2.24) is 20.3 Å². The quantitative estimate of drug-likeness (QED) is 0.420. The highest BCUT2D eigenvalue weighted by Crippen LogP contribution is 2.35. The smallest absolute Gasteiger partial charge is 0.227 e. The molecule has 1 aliphatic heterocycles. The van der Waals surface area contributed by atoms with E-state index in [1.807, 2.05) is 11.0 Å². The first-order valence-electron chi connectivity index (χ1n) is 11.0. The van der Waals surface area contributed by atoms with Gasteiger partial charge in [-0.3, -0.25) is 0 Å². The zero-order valence-electron chi connectivity index (χ0n) is 19.2. The van der Waals surface area contributed by atoms with Crippen LogP contribution in [-0.2, 0) is 9.84 Å². The molecule has 1 saturated heterocycles. The van der Waals surface area contributed by atoms with Crippen molar-refractivity contribution in [1.29, 1.82) is 0 Å². The van der Waals surface area contributed by atoms with Crippen LogP contribution in [0.3, 0.4) is 0 Å². The highest BCUT2D eigenvalue weighted by atomic mass is 32.2. The van der Waals surface area contributed by atoms with Crippen LogP contribution >= 0.6 is 0 Å². The van der Waals surface area contributed by atoms with Crippen LogP contribution in [0, 0.1) is 0 Å². The molecule has 182 valence electrons. The van der Waals surface area contributed by atoms with E-state index in [-0.39, 0.29) is 10.7 Å². The van der Waals surface area contributed by atoms with E-state index >= 15 is 0 Å². The van der Waals surface area contributed by atoms with Crippen LogP contribution in [0.15, 0.2) is 52.1 Å². The van der Waals surface area contributed by atoms with E-state index < -0.39 is 15.1 Å². The van der Waals surface area contributed by atoms with Crippen molar-refractivity contribution in [2.75, 3.05) is 37.9 Å². The summed E-state index contributed by atoms with van der Waals surface area (Å²) < 4.78 is 42.3. The Hall–Kier alpha value is -3.93. The minimum atomic E-state index is -3.75. The second-order valence-corrected chi connectivity index (χ2v) is 10.3. The maximum absolute atomic E-state index is 13.4. The van der Waals surface area contributed by atoms with Gasteiger partial charge in [0, 0.05) is 30.1 Å². The monoisotopic (exact) mass is 496 g/mol. The fraction of sp³-hybridized carbons (Fsp3) is 0.304. The van der Waals surface area contributed by atoms with Crippen molar-refractivity contribution >= 4 is 32.5 Å². The number of aromatic nitrogens is 4. The Balaban J connectivity index is 1.38. The number of nitrogens with two attached hydrogens (primary N) is 1. The average Bonchev–Trinajstić information content (AvgIpc) is 3.39. The lowest BCUT2D eigenvalue weighted by Crippen LogP contribution is -2.40. The molecule has 2 aromatic carbocycles. The van der Waals surface area contributed by atoms with Crippen molar-refractivity contribution < 1.29 is 22.5 Å². The van der Waals surface area contributed by atoms with Crippen LogP contribution < -0.4 is 20.1 Å². The van der Waals surface area contributed by atoms with Crippen molar-refractivity contribution in [3.8, 4) is 22.8 Å². The van der Waals surface area contributed by atoms with Crippen LogP contribution in [0.1, 0.15) is 12.8 Å². The number of piperidine rings is 1. The lowest BCUT2D eigenvalue weighted by atomic mass is 10.1. The molecule has 3 heterocycles. The zero-order chi connectivity index (χ0) is 24.6. The van der Waals surface area contributed by atoms with Crippen molar-refractivity contribution in [3.05, 3.63) is 42.5 Å². The summed E-state index contributed by atoms with van der Waals surface area (Å²) in [5.74, 6) is 1.81.